The Hall–Kier alpha value is -0.160. The van der Waals surface area contributed by atoms with Gasteiger partial charge in [-0.2, -0.15) is 0 Å². The summed E-state index contributed by atoms with van der Waals surface area (Å²) in [4.78, 5) is 0. The summed E-state index contributed by atoms with van der Waals surface area (Å²) in [6.45, 7) is 1.86. The molecule has 72 valence electrons. The monoisotopic (exact) mass is 176 g/mol. The molecule has 0 bridgehead atoms. The van der Waals surface area contributed by atoms with E-state index in [2.05, 4.69) is 0 Å². The number of aliphatic hydroxyl groups excluding tert-OH is 1. The van der Waals surface area contributed by atoms with Gasteiger partial charge in [0.15, 0.2) is 6.29 Å². The Morgan fingerprint density at radius 1 is 1.33 bits per heavy atom. The molecule has 1 heterocycles. The van der Waals surface area contributed by atoms with Gasteiger partial charge in [-0.3, -0.25) is 0 Å². The standard InChI is InChI=1S/C8H16O4/c1-5-8(11-3)6(9)4-7(10-2)12-5/h5-9H,4H2,1-3H3/t5-,6-,7+,8-/m1/s1. The molecule has 1 aliphatic heterocycles. The Labute approximate surface area is 72.4 Å². The van der Waals surface area contributed by atoms with Crippen molar-refractivity contribution < 1.29 is 19.3 Å². The van der Waals surface area contributed by atoms with Crippen LogP contribution in [0.3, 0.4) is 0 Å². The van der Waals surface area contributed by atoms with Gasteiger partial charge in [-0.1, -0.05) is 0 Å². The summed E-state index contributed by atoms with van der Waals surface area (Å²) >= 11 is 0. The molecule has 0 spiro atoms. The van der Waals surface area contributed by atoms with Crippen LogP contribution in [-0.4, -0.2) is 43.9 Å². The highest BCUT2D eigenvalue weighted by Crippen LogP contribution is 2.22. The lowest BCUT2D eigenvalue weighted by atomic mass is 10.0. The van der Waals surface area contributed by atoms with Gasteiger partial charge in [-0.15, -0.1) is 0 Å². The number of rotatable bonds is 2. The molecule has 1 saturated heterocycles. The minimum atomic E-state index is -0.497. The lowest BCUT2D eigenvalue weighted by molar-refractivity contribution is -0.242. The molecule has 0 aromatic heterocycles. The van der Waals surface area contributed by atoms with Crippen molar-refractivity contribution >= 4 is 0 Å². The first kappa shape index (κ1) is 9.92. The average molecular weight is 176 g/mol. The van der Waals surface area contributed by atoms with E-state index in [9.17, 15) is 5.11 Å². The SMILES string of the molecule is CO[C@@H]1C[C@@H](O)[C@H](OC)[C@@H](C)O1. The molecule has 1 N–H and O–H groups in total. The van der Waals surface area contributed by atoms with E-state index in [0.29, 0.717) is 6.42 Å². The zero-order valence-corrected chi connectivity index (χ0v) is 7.69. The number of hydrogen-bond donors (Lipinski definition) is 1. The molecule has 4 nitrogen and oxygen atoms in total. The molecule has 1 aliphatic rings. The maximum Gasteiger partial charge on any atom is 0.160 e. The van der Waals surface area contributed by atoms with Crippen molar-refractivity contribution in [2.45, 2.75) is 37.9 Å². The van der Waals surface area contributed by atoms with Crippen LogP contribution in [-0.2, 0) is 14.2 Å². The minimum Gasteiger partial charge on any atom is -0.390 e. The Morgan fingerprint density at radius 3 is 2.42 bits per heavy atom. The van der Waals surface area contributed by atoms with Crippen LogP contribution in [0.4, 0.5) is 0 Å². The molecule has 0 radical (unpaired) electrons. The van der Waals surface area contributed by atoms with Crippen LogP contribution in [0.1, 0.15) is 13.3 Å². The fraction of sp³-hybridized carbons (Fsp3) is 1.00. The summed E-state index contributed by atoms with van der Waals surface area (Å²) < 4.78 is 15.5. The summed E-state index contributed by atoms with van der Waals surface area (Å²) in [6.07, 6.45) is -0.690. The molecule has 0 saturated carbocycles. The van der Waals surface area contributed by atoms with Crippen molar-refractivity contribution in [3.63, 3.8) is 0 Å². The van der Waals surface area contributed by atoms with Crippen LogP contribution in [0, 0.1) is 0 Å². The van der Waals surface area contributed by atoms with Gasteiger partial charge >= 0.3 is 0 Å². The third-order valence-electron chi connectivity index (χ3n) is 2.18. The second kappa shape index (κ2) is 4.18. The van der Waals surface area contributed by atoms with E-state index in [1.54, 1.807) is 14.2 Å². The first-order valence-electron chi connectivity index (χ1n) is 4.08. The van der Waals surface area contributed by atoms with Crippen molar-refractivity contribution in [1.82, 2.24) is 0 Å². The molecule has 4 atom stereocenters. The van der Waals surface area contributed by atoms with E-state index in [1.807, 2.05) is 6.92 Å². The highest BCUT2D eigenvalue weighted by atomic mass is 16.7. The molecule has 0 aromatic rings. The predicted molar refractivity (Wildman–Crippen MR) is 42.8 cm³/mol. The van der Waals surface area contributed by atoms with E-state index in [1.165, 1.54) is 0 Å². The molecule has 1 rings (SSSR count). The third-order valence-corrected chi connectivity index (χ3v) is 2.18. The van der Waals surface area contributed by atoms with Crippen LogP contribution in [0.2, 0.25) is 0 Å². The fourth-order valence-electron chi connectivity index (χ4n) is 1.52. The highest BCUT2D eigenvalue weighted by molar-refractivity contribution is 4.81. The minimum absolute atomic E-state index is 0.122. The number of ether oxygens (including phenoxy) is 3. The fourth-order valence-corrected chi connectivity index (χ4v) is 1.52. The Bertz CT molecular complexity index is 127. The quantitative estimate of drug-likeness (QED) is 0.650. The lowest BCUT2D eigenvalue weighted by Gasteiger charge is -2.36. The van der Waals surface area contributed by atoms with Gasteiger partial charge in [0.2, 0.25) is 0 Å². The zero-order chi connectivity index (χ0) is 9.14. The summed E-state index contributed by atoms with van der Waals surface area (Å²) in [6, 6.07) is 0. The van der Waals surface area contributed by atoms with Crippen molar-refractivity contribution in [2.24, 2.45) is 0 Å². The highest BCUT2D eigenvalue weighted by Gasteiger charge is 2.35. The van der Waals surface area contributed by atoms with Gasteiger partial charge < -0.3 is 19.3 Å². The molecule has 0 amide bonds. The average Bonchev–Trinajstić information content (AvgIpc) is 2.03. The zero-order valence-electron chi connectivity index (χ0n) is 7.69. The summed E-state index contributed by atoms with van der Waals surface area (Å²) in [7, 11) is 3.14. The molecular formula is C8H16O4. The number of methoxy groups -OCH3 is 2. The molecule has 0 unspecified atom stereocenters. The molecule has 4 heteroatoms. The van der Waals surface area contributed by atoms with Crippen LogP contribution in [0.15, 0.2) is 0 Å². The van der Waals surface area contributed by atoms with Crippen LogP contribution in [0.5, 0.6) is 0 Å². The van der Waals surface area contributed by atoms with Crippen molar-refractivity contribution in [2.75, 3.05) is 14.2 Å². The lowest BCUT2D eigenvalue weighted by Crippen LogP contribution is -2.48. The normalized spacial score (nSPS) is 43.0. The first-order chi connectivity index (χ1) is 5.69. The van der Waals surface area contributed by atoms with E-state index in [4.69, 9.17) is 14.2 Å². The Kier molecular flexibility index (Phi) is 3.46. The first-order valence-corrected chi connectivity index (χ1v) is 4.08. The molecule has 0 aliphatic carbocycles. The third kappa shape index (κ3) is 1.95. The summed E-state index contributed by atoms with van der Waals surface area (Å²) in [5.74, 6) is 0. The summed E-state index contributed by atoms with van der Waals surface area (Å²) in [5.41, 5.74) is 0. The molecule has 1 fully saturated rings. The topological polar surface area (TPSA) is 47.9 Å². The Balaban J connectivity index is 2.51. The largest absolute Gasteiger partial charge is 0.390 e. The Morgan fingerprint density at radius 2 is 2.00 bits per heavy atom. The van der Waals surface area contributed by atoms with Gasteiger partial charge in [-0.05, 0) is 6.92 Å². The number of aliphatic hydroxyl groups is 1. The van der Waals surface area contributed by atoms with Gasteiger partial charge in [0, 0.05) is 20.6 Å². The summed E-state index contributed by atoms with van der Waals surface area (Å²) in [5, 5.41) is 9.56. The van der Waals surface area contributed by atoms with Crippen LogP contribution < -0.4 is 0 Å². The molecule has 0 aromatic carbocycles. The number of hydrogen-bond acceptors (Lipinski definition) is 4. The second-order valence-electron chi connectivity index (χ2n) is 3.01. The van der Waals surface area contributed by atoms with Gasteiger partial charge in [0.1, 0.15) is 6.10 Å². The van der Waals surface area contributed by atoms with Crippen LogP contribution in [0.25, 0.3) is 0 Å². The van der Waals surface area contributed by atoms with Crippen molar-refractivity contribution in [3.8, 4) is 0 Å². The predicted octanol–water partition coefficient (Wildman–Crippen LogP) is 0.144. The van der Waals surface area contributed by atoms with E-state index in [0.717, 1.165) is 0 Å². The van der Waals surface area contributed by atoms with E-state index < -0.39 is 6.10 Å². The van der Waals surface area contributed by atoms with Gasteiger partial charge in [-0.25, -0.2) is 0 Å². The smallest absolute Gasteiger partial charge is 0.160 e. The maximum absolute atomic E-state index is 9.56. The van der Waals surface area contributed by atoms with E-state index in [-0.39, 0.29) is 18.5 Å². The second-order valence-corrected chi connectivity index (χ2v) is 3.01. The van der Waals surface area contributed by atoms with Gasteiger partial charge in [0.05, 0.1) is 12.2 Å². The van der Waals surface area contributed by atoms with Crippen molar-refractivity contribution in [1.29, 1.82) is 0 Å². The van der Waals surface area contributed by atoms with Crippen molar-refractivity contribution in [3.05, 3.63) is 0 Å². The molecule has 12 heavy (non-hydrogen) atoms. The van der Waals surface area contributed by atoms with Crippen LogP contribution >= 0.6 is 0 Å². The maximum atomic E-state index is 9.56. The van der Waals surface area contributed by atoms with E-state index >= 15 is 0 Å². The van der Waals surface area contributed by atoms with Gasteiger partial charge in [0.25, 0.3) is 0 Å². The molecular weight excluding hydrogens is 160 g/mol.